The van der Waals surface area contributed by atoms with Gasteiger partial charge in [-0.3, -0.25) is 14.6 Å². The van der Waals surface area contributed by atoms with Crippen molar-refractivity contribution >= 4 is 27.7 Å². The van der Waals surface area contributed by atoms with Crippen LogP contribution in [0.2, 0.25) is 0 Å². The number of hydrogen-bond donors (Lipinski definition) is 2. The van der Waals surface area contributed by atoms with Gasteiger partial charge in [0.2, 0.25) is 15.9 Å². The zero-order valence-corrected chi connectivity index (χ0v) is 24.3. The highest BCUT2D eigenvalue weighted by Crippen LogP contribution is 2.26. The number of ketones is 1. The third-order valence-electron chi connectivity index (χ3n) is 7.45. The fourth-order valence-corrected chi connectivity index (χ4v) is 6.86. The first-order chi connectivity index (χ1) is 20.2. The van der Waals surface area contributed by atoms with Gasteiger partial charge in [-0.15, -0.1) is 0 Å². The van der Waals surface area contributed by atoms with Gasteiger partial charge in [0.25, 0.3) is 0 Å². The lowest BCUT2D eigenvalue weighted by Crippen LogP contribution is -2.51. The van der Waals surface area contributed by atoms with Crippen LogP contribution in [0.25, 0.3) is 0 Å². The molecule has 10 heteroatoms. The van der Waals surface area contributed by atoms with Gasteiger partial charge in [0.05, 0.1) is 4.90 Å². The highest BCUT2D eigenvalue weighted by molar-refractivity contribution is 7.89. The number of sulfonamides is 1. The molecule has 1 amide bonds. The summed E-state index contributed by atoms with van der Waals surface area (Å²) < 4.78 is 27.4. The summed E-state index contributed by atoms with van der Waals surface area (Å²) >= 11 is 0. The Morgan fingerprint density at radius 2 is 1.64 bits per heavy atom. The number of hydrogen-bond acceptors (Lipinski definition) is 6. The van der Waals surface area contributed by atoms with Gasteiger partial charge in [-0.2, -0.15) is 4.31 Å². The van der Waals surface area contributed by atoms with E-state index in [2.05, 4.69) is 10.3 Å². The number of amides is 1. The average Bonchev–Trinajstić information content (AvgIpc) is 3.50. The molecule has 1 aliphatic heterocycles. The Hall–Kier alpha value is -3.89. The molecule has 9 nitrogen and oxygen atoms in total. The first-order valence-electron chi connectivity index (χ1n) is 14.3. The number of carbonyl (C=O) groups is 3. The fourth-order valence-electron chi connectivity index (χ4n) is 5.18. The predicted octanol–water partition coefficient (Wildman–Crippen LogP) is 3.96. The smallest absolute Gasteiger partial charge is 0.326 e. The van der Waals surface area contributed by atoms with Gasteiger partial charge in [-0.1, -0.05) is 55.0 Å². The molecule has 0 unspecified atom stereocenters. The van der Waals surface area contributed by atoms with E-state index in [0.717, 1.165) is 41.2 Å². The molecule has 2 N–H and O–H groups in total. The molecule has 2 heterocycles. The molecule has 42 heavy (non-hydrogen) atoms. The normalized spacial score (nSPS) is 16.1. The van der Waals surface area contributed by atoms with Crippen LogP contribution in [0.15, 0.2) is 83.9 Å². The van der Waals surface area contributed by atoms with Crippen LogP contribution in [0.5, 0.6) is 0 Å². The molecule has 1 fully saturated rings. The molecule has 1 saturated heterocycles. The molecule has 1 aromatic heterocycles. The van der Waals surface area contributed by atoms with E-state index in [1.54, 1.807) is 48.7 Å². The number of rotatable bonds is 15. The van der Waals surface area contributed by atoms with Crippen LogP contribution in [0.1, 0.15) is 55.3 Å². The zero-order valence-electron chi connectivity index (χ0n) is 23.5. The van der Waals surface area contributed by atoms with Crippen molar-refractivity contribution < 1.29 is 27.9 Å². The molecule has 0 aliphatic carbocycles. The SMILES string of the molecule is O=C(CCCCCc1ccccn1)Cc1ccc(C[C@H](NC(=O)[C@@H]2CCCN2S(=O)(=O)c2ccccc2)C(=O)O)cc1. The Bertz CT molecular complexity index is 1450. The molecule has 0 radical (unpaired) electrons. The highest BCUT2D eigenvalue weighted by Gasteiger charge is 2.40. The van der Waals surface area contributed by atoms with Crippen LogP contribution in [0, 0.1) is 0 Å². The van der Waals surface area contributed by atoms with Crippen molar-refractivity contribution in [1.82, 2.24) is 14.6 Å². The number of aliphatic carboxylic acids is 1. The van der Waals surface area contributed by atoms with Crippen molar-refractivity contribution in [2.45, 2.75) is 74.8 Å². The van der Waals surface area contributed by atoms with Crippen LogP contribution in [-0.4, -0.2) is 59.1 Å². The Morgan fingerprint density at radius 3 is 2.33 bits per heavy atom. The molecule has 2 atom stereocenters. The molecule has 222 valence electrons. The number of aromatic nitrogens is 1. The standard InChI is InChI=1S/C32H37N3O6S/c36-27(12-4-1-3-10-26-11-7-8-20-33-26)22-24-16-18-25(19-17-24)23-29(32(38)39)34-31(37)30-15-9-21-35(30)42(40,41)28-13-5-2-6-14-28/h2,5-8,11,13-14,16-20,29-30H,1,3-4,9-10,12,15,21-23H2,(H,34,37)(H,38,39)/t29-,30-/m0/s1. The summed E-state index contributed by atoms with van der Waals surface area (Å²) in [4.78, 5) is 41.9. The lowest BCUT2D eigenvalue weighted by molar-refractivity contribution is -0.142. The molecular weight excluding hydrogens is 554 g/mol. The number of Topliss-reactive ketones (excluding diaryl/α,β-unsaturated/α-hetero) is 1. The molecule has 0 saturated carbocycles. The fraction of sp³-hybridized carbons (Fsp3) is 0.375. The van der Waals surface area contributed by atoms with E-state index in [4.69, 9.17) is 0 Å². The van der Waals surface area contributed by atoms with Crippen LogP contribution in [0.3, 0.4) is 0 Å². The number of pyridine rings is 1. The number of nitrogens with zero attached hydrogens (tertiary/aromatic N) is 2. The second-order valence-corrected chi connectivity index (χ2v) is 12.5. The van der Waals surface area contributed by atoms with Crippen molar-refractivity contribution in [3.8, 4) is 0 Å². The van der Waals surface area contributed by atoms with Crippen LogP contribution in [-0.2, 0) is 43.7 Å². The lowest BCUT2D eigenvalue weighted by Gasteiger charge is -2.25. The number of carboxylic acid groups (broad SMARTS) is 1. The maximum Gasteiger partial charge on any atom is 0.326 e. The second kappa shape index (κ2) is 14.8. The van der Waals surface area contributed by atoms with E-state index in [1.807, 2.05) is 18.2 Å². The number of carboxylic acids is 1. The monoisotopic (exact) mass is 591 g/mol. The Kier molecular flexibility index (Phi) is 11.0. The first kappa shape index (κ1) is 31.1. The molecule has 4 rings (SSSR count). The zero-order chi connectivity index (χ0) is 30.0. The van der Waals surface area contributed by atoms with Crippen molar-refractivity contribution in [3.63, 3.8) is 0 Å². The summed E-state index contributed by atoms with van der Waals surface area (Å²) in [6, 6.07) is 18.7. The lowest BCUT2D eigenvalue weighted by atomic mass is 10.00. The Balaban J connectivity index is 1.26. The minimum atomic E-state index is -3.89. The van der Waals surface area contributed by atoms with Gasteiger partial charge in [0.15, 0.2) is 0 Å². The number of carbonyl (C=O) groups excluding carboxylic acids is 2. The number of unbranched alkanes of at least 4 members (excludes halogenated alkanes) is 2. The third-order valence-corrected chi connectivity index (χ3v) is 9.37. The summed E-state index contributed by atoms with van der Waals surface area (Å²) in [6.45, 7) is 0.193. The molecule has 0 bridgehead atoms. The van der Waals surface area contributed by atoms with Gasteiger partial charge in [0, 0.05) is 37.7 Å². The predicted molar refractivity (Wildman–Crippen MR) is 158 cm³/mol. The molecular formula is C32H37N3O6S. The highest BCUT2D eigenvalue weighted by atomic mass is 32.2. The topological polar surface area (TPSA) is 134 Å². The average molecular weight is 592 g/mol. The minimum Gasteiger partial charge on any atom is -0.480 e. The maximum atomic E-state index is 13.1. The summed E-state index contributed by atoms with van der Waals surface area (Å²) in [5.74, 6) is -1.68. The van der Waals surface area contributed by atoms with E-state index >= 15 is 0 Å². The Labute approximate surface area is 247 Å². The summed E-state index contributed by atoms with van der Waals surface area (Å²) in [5, 5.41) is 12.3. The van der Waals surface area contributed by atoms with E-state index in [-0.39, 0.29) is 23.6 Å². The van der Waals surface area contributed by atoms with E-state index < -0.39 is 34.0 Å². The Morgan fingerprint density at radius 1 is 0.929 bits per heavy atom. The number of nitrogens with one attached hydrogen (secondary N) is 1. The van der Waals surface area contributed by atoms with Crippen LogP contribution < -0.4 is 5.32 Å². The van der Waals surface area contributed by atoms with Gasteiger partial charge >= 0.3 is 5.97 Å². The van der Waals surface area contributed by atoms with Gasteiger partial charge in [0.1, 0.15) is 17.9 Å². The molecule has 3 aromatic rings. The molecule has 2 aromatic carbocycles. The van der Waals surface area contributed by atoms with E-state index in [1.165, 1.54) is 12.1 Å². The quantitative estimate of drug-likeness (QED) is 0.256. The third kappa shape index (κ3) is 8.56. The van der Waals surface area contributed by atoms with Crippen molar-refractivity contribution in [3.05, 3.63) is 95.8 Å². The van der Waals surface area contributed by atoms with Crippen LogP contribution >= 0.6 is 0 Å². The van der Waals surface area contributed by atoms with E-state index in [0.29, 0.717) is 31.2 Å². The summed E-state index contributed by atoms with van der Waals surface area (Å²) in [6.07, 6.45) is 7.14. The van der Waals surface area contributed by atoms with Gasteiger partial charge in [-0.25, -0.2) is 13.2 Å². The van der Waals surface area contributed by atoms with Crippen molar-refractivity contribution in [2.75, 3.05) is 6.54 Å². The van der Waals surface area contributed by atoms with Gasteiger partial charge in [-0.05, 0) is 67.5 Å². The van der Waals surface area contributed by atoms with Crippen molar-refractivity contribution in [2.24, 2.45) is 0 Å². The van der Waals surface area contributed by atoms with Crippen LogP contribution in [0.4, 0.5) is 0 Å². The van der Waals surface area contributed by atoms with Crippen molar-refractivity contribution in [1.29, 1.82) is 0 Å². The number of benzene rings is 2. The summed E-state index contributed by atoms with van der Waals surface area (Å²) in [7, 11) is -3.89. The van der Waals surface area contributed by atoms with Gasteiger partial charge < -0.3 is 10.4 Å². The largest absolute Gasteiger partial charge is 0.480 e. The maximum absolute atomic E-state index is 13.1. The second-order valence-electron chi connectivity index (χ2n) is 10.6. The molecule has 1 aliphatic rings. The number of aryl methyl sites for hydroxylation is 1. The van der Waals surface area contributed by atoms with E-state index in [9.17, 15) is 27.9 Å². The first-order valence-corrected chi connectivity index (χ1v) is 15.8. The molecule has 0 spiro atoms. The summed E-state index contributed by atoms with van der Waals surface area (Å²) in [5.41, 5.74) is 2.60. The minimum absolute atomic E-state index is 0.0315.